The third kappa shape index (κ3) is 4.30. The van der Waals surface area contributed by atoms with Crippen molar-refractivity contribution in [1.82, 2.24) is 4.90 Å². The van der Waals surface area contributed by atoms with E-state index < -0.39 is 0 Å². The highest BCUT2D eigenvalue weighted by Crippen LogP contribution is 2.24. The molecule has 1 aromatic rings. The van der Waals surface area contributed by atoms with E-state index in [1.54, 1.807) is 18.2 Å². The standard InChI is InChI=1S/C14H20ClN3OS/c1-18(11-5-7-20-9-11)6-4-14(19)17-13-3-2-10(16)8-12(13)15/h2-3,8,11H,4-7,9,16H2,1H3,(H,17,19). The first kappa shape index (κ1) is 15.5. The number of nitrogens with zero attached hydrogens (tertiary/aromatic N) is 1. The Labute approximate surface area is 129 Å². The summed E-state index contributed by atoms with van der Waals surface area (Å²) in [5.74, 6) is 2.37. The fourth-order valence-corrected chi connectivity index (χ4v) is 3.71. The number of nitrogens with two attached hydrogens (primary N) is 1. The number of benzene rings is 1. The average Bonchev–Trinajstić information content (AvgIpc) is 2.93. The van der Waals surface area contributed by atoms with Crippen molar-refractivity contribution in [2.24, 2.45) is 0 Å². The van der Waals surface area contributed by atoms with E-state index in [1.807, 2.05) is 11.8 Å². The van der Waals surface area contributed by atoms with Gasteiger partial charge < -0.3 is 16.0 Å². The van der Waals surface area contributed by atoms with Crippen LogP contribution in [0.3, 0.4) is 0 Å². The van der Waals surface area contributed by atoms with Crippen LogP contribution in [0.15, 0.2) is 18.2 Å². The Hall–Kier alpha value is -0.910. The first-order valence-electron chi connectivity index (χ1n) is 6.69. The van der Waals surface area contributed by atoms with Crippen LogP contribution in [0.4, 0.5) is 11.4 Å². The molecule has 0 saturated carbocycles. The monoisotopic (exact) mass is 313 g/mol. The van der Waals surface area contributed by atoms with Gasteiger partial charge in [-0.15, -0.1) is 0 Å². The quantitative estimate of drug-likeness (QED) is 0.821. The topological polar surface area (TPSA) is 58.4 Å². The van der Waals surface area contributed by atoms with E-state index in [-0.39, 0.29) is 5.91 Å². The molecule has 1 fully saturated rings. The Morgan fingerprint density at radius 1 is 1.60 bits per heavy atom. The Balaban J connectivity index is 1.80. The Morgan fingerprint density at radius 2 is 2.40 bits per heavy atom. The normalized spacial score (nSPS) is 18.4. The molecule has 3 N–H and O–H groups in total. The minimum absolute atomic E-state index is 0.0193. The average molecular weight is 314 g/mol. The van der Waals surface area contributed by atoms with Crippen LogP contribution in [-0.2, 0) is 4.79 Å². The van der Waals surface area contributed by atoms with Gasteiger partial charge in [-0.2, -0.15) is 11.8 Å². The number of halogens is 1. The van der Waals surface area contributed by atoms with Crippen molar-refractivity contribution in [3.8, 4) is 0 Å². The molecule has 0 bridgehead atoms. The molecule has 6 heteroatoms. The van der Waals surface area contributed by atoms with Gasteiger partial charge in [-0.3, -0.25) is 4.79 Å². The Kier molecular flexibility index (Phi) is 5.57. The zero-order chi connectivity index (χ0) is 14.5. The summed E-state index contributed by atoms with van der Waals surface area (Å²) in [5.41, 5.74) is 6.83. The van der Waals surface area contributed by atoms with Crippen molar-refractivity contribution in [3.63, 3.8) is 0 Å². The minimum Gasteiger partial charge on any atom is -0.399 e. The number of anilines is 2. The third-order valence-electron chi connectivity index (χ3n) is 3.49. The fourth-order valence-electron chi connectivity index (χ4n) is 2.18. The molecule has 110 valence electrons. The fraction of sp³-hybridized carbons (Fsp3) is 0.500. The summed E-state index contributed by atoms with van der Waals surface area (Å²) in [6.07, 6.45) is 1.69. The van der Waals surface area contributed by atoms with Gasteiger partial charge in [0.2, 0.25) is 5.91 Å². The number of amides is 1. The highest BCUT2D eigenvalue weighted by atomic mass is 35.5. The number of nitrogen functional groups attached to an aromatic ring is 1. The van der Waals surface area contributed by atoms with Gasteiger partial charge in [0.15, 0.2) is 0 Å². The molecule has 1 atom stereocenters. The summed E-state index contributed by atoms with van der Waals surface area (Å²) in [4.78, 5) is 14.2. The van der Waals surface area contributed by atoms with Crippen molar-refractivity contribution < 1.29 is 4.79 Å². The van der Waals surface area contributed by atoms with Gasteiger partial charge in [0.05, 0.1) is 10.7 Å². The van der Waals surface area contributed by atoms with Crippen LogP contribution in [-0.4, -0.2) is 41.9 Å². The van der Waals surface area contributed by atoms with E-state index in [0.717, 1.165) is 6.54 Å². The maximum atomic E-state index is 11.9. The van der Waals surface area contributed by atoms with E-state index >= 15 is 0 Å². The second kappa shape index (κ2) is 7.20. The van der Waals surface area contributed by atoms with Crippen LogP contribution in [0.5, 0.6) is 0 Å². The van der Waals surface area contributed by atoms with Crippen molar-refractivity contribution in [1.29, 1.82) is 0 Å². The Bertz CT molecular complexity index is 477. The third-order valence-corrected chi connectivity index (χ3v) is 4.95. The maximum absolute atomic E-state index is 11.9. The molecule has 2 rings (SSSR count). The van der Waals surface area contributed by atoms with E-state index in [2.05, 4.69) is 17.3 Å². The van der Waals surface area contributed by atoms with Gasteiger partial charge in [-0.25, -0.2) is 0 Å². The van der Waals surface area contributed by atoms with E-state index in [1.165, 1.54) is 17.9 Å². The number of nitrogens with one attached hydrogen (secondary N) is 1. The number of hydrogen-bond acceptors (Lipinski definition) is 4. The molecule has 0 aromatic heterocycles. The van der Waals surface area contributed by atoms with Crippen LogP contribution in [0.1, 0.15) is 12.8 Å². The predicted octanol–water partition coefficient (Wildman–Crippen LogP) is 2.69. The lowest BCUT2D eigenvalue weighted by Crippen LogP contribution is -2.34. The molecule has 1 aliphatic heterocycles. The first-order valence-corrected chi connectivity index (χ1v) is 8.22. The van der Waals surface area contributed by atoms with Crippen molar-refractivity contribution >= 4 is 40.6 Å². The number of carbonyl (C=O) groups is 1. The lowest BCUT2D eigenvalue weighted by atomic mass is 10.2. The van der Waals surface area contributed by atoms with E-state index in [4.69, 9.17) is 17.3 Å². The number of hydrogen-bond donors (Lipinski definition) is 2. The van der Waals surface area contributed by atoms with Crippen LogP contribution >= 0.6 is 23.4 Å². The van der Waals surface area contributed by atoms with E-state index in [0.29, 0.717) is 28.9 Å². The van der Waals surface area contributed by atoms with Crippen LogP contribution in [0.2, 0.25) is 5.02 Å². The zero-order valence-electron chi connectivity index (χ0n) is 11.6. The maximum Gasteiger partial charge on any atom is 0.225 e. The van der Waals surface area contributed by atoms with Gasteiger partial charge in [0.1, 0.15) is 0 Å². The molecule has 1 aliphatic rings. The lowest BCUT2D eigenvalue weighted by Gasteiger charge is -2.23. The molecule has 1 aromatic carbocycles. The van der Waals surface area contributed by atoms with Crippen molar-refractivity contribution in [2.75, 3.05) is 36.1 Å². The van der Waals surface area contributed by atoms with Gasteiger partial charge in [0, 0.05) is 30.4 Å². The predicted molar refractivity (Wildman–Crippen MR) is 87.5 cm³/mol. The number of rotatable bonds is 5. The van der Waals surface area contributed by atoms with Gasteiger partial charge >= 0.3 is 0 Å². The van der Waals surface area contributed by atoms with Gasteiger partial charge in [-0.05, 0) is 37.4 Å². The Morgan fingerprint density at radius 3 is 3.05 bits per heavy atom. The first-order chi connectivity index (χ1) is 9.56. The summed E-state index contributed by atoms with van der Waals surface area (Å²) < 4.78 is 0. The molecule has 4 nitrogen and oxygen atoms in total. The van der Waals surface area contributed by atoms with Crippen molar-refractivity contribution in [2.45, 2.75) is 18.9 Å². The van der Waals surface area contributed by atoms with Gasteiger partial charge in [-0.1, -0.05) is 11.6 Å². The lowest BCUT2D eigenvalue weighted by molar-refractivity contribution is -0.116. The molecule has 1 heterocycles. The SMILES string of the molecule is CN(CCC(=O)Nc1ccc(N)cc1Cl)C1CCSC1. The summed E-state index contributed by atoms with van der Waals surface area (Å²) in [6, 6.07) is 5.70. The minimum atomic E-state index is -0.0193. The summed E-state index contributed by atoms with van der Waals surface area (Å²) in [5, 5.41) is 3.30. The number of carbonyl (C=O) groups excluding carboxylic acids is 1. The molecular formula is C14H20ClN3OS. The zero-order valence-corrected chi connectivity index (χ0v) is 13.1. The molecule has 1 amide bonds. The second-order valence-corrected chi connectivity index (χ2v) is 6.59. The summed E-state index contributed by atoms with van der Waals surface area (Å²) in [7, 11) is 2.08. The largest absolute Gasteiger partial charge is 0.399 e. The van der Waals surface area contributed by atoms with E-state index in [9.17, 15) is 4.79 Å². The highest BCUT2D eigenvalue weighted by molar-refractivity contribution is 7.99. The summed E-state index contributed by atoms with van der Waals surface area (Å²) >= 11 is 8.01. The molecular weight excluding hydrogens is 294 g/mol. The second-order valence-electron chi connectivity index (χ2n) is 5.04. The molecule has 1 saturated heterocycles. The molecule has 1 unspecified atom stereocenters. The molecule has 20 heavy (non-hydrogen) atoms. The van der Waals surface area contributed by atoms with Crippen LogP contribution in [0.25, 0.3) is 0 Å². The molecule has 0 radical (unpaired) electrons. The summed E-state index contributed by atoms with van der Waals surface area (Å²) in [6.45, 7) is 0.768. The van der Waals surface area contributed by atoms with Crippen LogP contribution < -0.4 is 11.1 Å². The number of thioether (sulfide) groups is 1. The highest BCUT2D eigenvalue weighted by Gasteiger charge is 2.20. The van der Waals surface area contributed by atoms with Gasteiger partial charge in [0.25, 0.3) is 0 Å². The van der Waals surface area contributed by atoms with Crippen molar-refractivity contribution in [3.05, 3.63) is 23.2 Å². The van der Waals surface area contributed by atoms with Crippen LogP contribution in [0, 0.1) is 0 Å². The smallest absolute Gasteiger partial charge is 0.225 e. The molecule has 0 aliphatic carbocycles. The molecule has 0 spiro atoms.